The van der Waals surface area contributed by atoms with E-state index in [1.54, 1.807) is 0 Å². The highest BCUT2D eigenvalue weighted by Gasteiger charge is 2.49. The van der Waals surface area contributed by atoms with Gasteiger partial charge in [-0.1, -0.05) is 6.92 Å². The van der Waals surface area contributed by atoms with Crippen molar-refractivity contribution in [3.63, 3.8) is 0 Å². The fourth-order valence-electron chi connectivity index (χ4n) is 3.06. The van der Waals surface area contributed by atoms with Crippen LogP contribution in [0.25, 0.3) is 0 Å². The molecule has 4 atom stereocenters. The van der Waals surface area contributed by atoms with Gasteiger partial charge >= 0.3 is 5.97 Å². The molecule has 1 aliphatic carbocycles. The maximum atomic E-state index is 11.6. The first kappa shape index (κ1) is 12.8. The first-order valence-corrected chi connectivity index (χ1v) is 6.48. The first-order chi connectivity index (χ1) is 8.05. The number of carbonyl (C=O) groups excluding carboxylic acids is 1. The van der Waals surface area contributed by atoms with Gasteiger partial charge in [0.15, 0.2) is 6.29 Å². The summed E-state index contributed by atoms with van der Waals surface area (Å²) in [5.41, 5.74) is -0.0307. The van der Waals surface area contributed by atoms with E-state index in [1.807, 2.05) is 13.8 Å². The number of fused-ring (bicyclic) bond motifs is 1. The molecule has 0 aromatic carbocycles. The zero-order chi connectivity index (χ0) is 12.5. The minimum atomic E-state index is -0.110. The zero-order valence-corrected chi connectivity index (χ0v) is 10.9. The Morgan fingerprint density at radius 2 is 2.29 bits per heavy atom. The Balaban J connectivity index is 1.99. The molecule has 0 aromatic heterocycles. The Labute approximate surface area is 103 Å². The van der Waals surface area contributed by atoms with Gasteiger partial charge in [0.05, 0.1) is 25.7 Å². The van der Waals surface area contributed by atoms with Crippen molar-refractivity contribution < 1.29 is 19.0 Å². The van der Waals surface area contributed by atoms with E-state index in [4.69, 9.17) is 14.2 Å². The smallest absolute Gasteiger partial charge is 0.306 e. The summed E-state index contributed by atoms with van der Waals surface area (Å²) in [4.78, 5) is 11.6. The summed E-state index contributed by atoms with van der Waals surface area (Å²) in [6.07, 6.45) is 2.65. The molecule has 98 valence electrons. The van der Waals surface area contributed by atoms with Crippen molar-refractivity contribution in [2.24, 2.45) is 11.3 Å². The number of carbonyl (C=O) groups is 1. The fraction of sp³-hybridized carbons (Fsp3) is 0.923. The van der Waals surface area contributed by atoms with Crippen LogP contribution in [0.3, 0.4) is 0 Å². The molecule has 17 heavy (non-hydrogen) atoms. The summed E-state index contributed by atoms with van der Waals surface area (Å²) in [7, 11) is 0. The molecule has 4 nitrogen and oxygen atoms in total. The van der Waals surface area contributed by atoms with Crippen LogP contribution in [0.5, 0.6) is 0 Å². The second kappa shape index (κ2) is 4.94. The maximum Gasteiger partial charge on any atom is 0.306 e. The Hall–Kier alpha value is -0.610. The predicted molar refractivity (Wildman–Crippen MR) is 62.4 cm³/mol. The third-order valence-electron chi connectivity index (χ3n) is 4.07. The van der Waals surface area contributed by atoms with Crippen molar-refractivity contribution in [2.45, 2.75) is 52.4 Å². The van der Waals surface area contributed by atoms with Gasteiger partial charge in [0, 0.05) is 5.92 Å². The van der Waals surface area contributed by atoms with Crippen molar-refractivity contribution >= 4 is 5.97 Å². The Morgan fingerprint density at radius 1 is 1.53 bits per heavy atom. The molecule has 0 unspecified atom stereocenters. The van der Waals surface area contributed by atoms with Gasteiger partial charge in [0.1, 0.15) is 0 Å². The molecule has 1 saturated heterocycles. The highest BCUT2D eigenvalue weighted by atomic mass is 16.7. The molecular weight excluding hydrogens is 220 g/mol. The van der Waals surface area contributed by atoms with E-state index in [-0.39, 0.29) is 23.8 Å². The Kier molecular flexibility index (Phi) is 3.73. The summed E-state index contributed by atoms with van der Waals surface area (Å²) in [6, 6.07) is 0. The zero-order valence-electron chi connectivity index (χ0n) is 10.9. The largest absolute Gasteiger partial charge is 0.466 e. The van der Waals surface area contributed by atoms with E-state index in [0.717, 1.165) is 12.8 Å². The molecule has 2 fully saturated rings. The predicted octanol–water partition coefficient (Wildman–Crippen LogP) is 2.12. The van der Waals surface area contributed by atoms with E-state index in [0.29, 0.717) is 25.6 Å². The summed E-state index contributed by atoms with van der Waals surface area (Å²) in [5.74, 6) is 0.220. The van der Waals surface area contributed by atoms with Crippen LogP contribution in [0.4, 0.5) is 0 Å². The quantitative estimate of drug-likeness (QED) is 0.711. The summed E-state index contributed by atoms with van der Waals surface area (Å²) in [6.45, 7) is 7.06. The molecule has 0 amide bonds. The lowest BCUT2D eigenvalue weighted by Gasteiger charge is -2.38. The minimum absolute atomic E-state index is 0.0307. The lowest BCUT2D eigenvalue weighted by molar-refractivity contribution is -0.231. The average Bonchev–Trinajstić information content (AvgIpc) is 2.56. The SMILES string of the molecule is CCOC(=O)C[C@@]1(C)CC[C@@H]2O[C@H](C)OC[C@@H]21. The highest BCUT2D eigenvalue weighted by molar-refractivity contribution is 5.70. The van der Waals surface area contributed by atoms with E-state index < -0.39 is 0 Å². The molecule has 0 bridgehead atoms. The van der Waals surface area contributed by atoms with Crippen LogP contribution in [-0.4, -0.2) is 31.6 Å². The van der Waals surface area contributed by atoms with Crippen LogP contribution in [0.2, 0.25) is 0 Å². The van der Waals surface area contributed by atoms with Crippen LogP contribution in [0.1, 0.15) is 40.0 Å². The number of hydrogen-bond acceptors (Lipinski definition) is 4. The molecule has 0 spiro atoms. The van der Waals surface area contributed by atoms with Crippen molar-refractivity contribution in [1.29, 1.82) is 0 Å². The van der Waals surface area contributed by atoms with Gasteiger partial charge in [-0.05, 0) is 32.1 Å². The van der Waals surface area contributed by atoms with Gasteiger partial charge in [-0.15, -0.1) is 0 Å². The number of ether oxygens (including phenoxy) is 3. The standard InChI is InChI=1S/C13H22O4/c1-4-15-12(14)7-13(3)6-5-11-10(13)8-16-9(2)17-11/h9-11H,4-8H2,1-3H3/t9-,10+,11+,13-/m1/s1. The lowest BCUT2D eigenvalue weighted by Crippen LogP contribution is -2.42. The normalized spacial score (nSPS) is 41.0. The lowest BCUT2D eigenvalue weighted by atomic mass is 9.76. The fourth-order valence-corrected chi connectivity index (χ4v) is 3.06. The minimum Gasteiger partial charge on any atom is -0.466 e. The second-order valence-electron chi connectivity index (χ2n) is 5.36. The van der Waals surface area contributed by atoms with Gasteiger partial charge in [-0.25, -0.2) is 0 Å². The van der Waals surface area contributed by atoms with Gasteiger partial charge in [-0.3, -0.25) is 4.79 Å². The average molecular weight is 242 g/mol. The van der Waals surface area contributed by atoms with Crippen LogP contribution in [0, 0.1) is 11.3 Å². The molecule has 1 heterocycles. The Bertz CT molecular complexity index is 291. The molecule has 0 N–H and O–H groups in total. The van der Waals surface area contributed by atoms with Crippen LogP contribution >= 0.6 is 0 Å². The highest BCUT2D eigenvalue weighted by Crippen LogP contribution is 2.49. The summed E-state index contributed by atoms with van der Waals surface area (Å²) < 4.78 is 16.4. The van der Waals surface area contributed by atoms with Gasteiger partial charge in [0.2, 0.25) is 0 Å². The molecular formula is C13H22O4. The van der Waals surface area contributed by atoms with Gasteiger partial charge < -0.3 is 14.2 Å². The topological polar surface area (TPSA) is 44.8 Å². The van der Waals surface area contributed by atoms with E-state index in [2.05, 4.69) is 6.92 Å². The third-order valence-corrected chi connectivity index (χ3v) is 4.07. The third kappa shape index (κ3) is 2.63. The molecule has 4 heteroatoms. The molecule has 0 radical (unpaired) electrons. The molecule has 1 saturated carbocycles. The van der Waals surface area contributed by atoms with Crippen LogP contribution in [0.15, 0.2) is 0 Å². The van der Waals surface area contributed by atoms with Crippen molar-refractivity contribution in [3.8, 4) is 0 Å². The Morgan fingerprint density at radius 3 is 3.00 bits per heavy atom. The number of hydrogen-bond donors (Lipinski definition) is 0. The molecule has 2 aliphatic rings. The van der Waals surface area contributed by atoms with E-state index >= 15 is 0 Å². The summed E-state index contributed by atoms with van der Waals surface area (Å²) >= 11 is 0. The van der Waals surface area contributed by atoms with E-state index in [9.17, 15) is 4.79 Å². The van der Waals surface area contributed by atoms with Crippen molar-refractivity contribution in [2.75, 3.05) is 13.2 Å². The number of esters is 1. The number of rotatable bonds is 3. The first-order valence-electron chi connectivity index (χ1n) is 6.48. The monoisotopic (exact) mass is 242 g/mol. The van der Waals surface area contributed by atoms with E-state index in [1.165, 1.54) is 0 Å². The van der Waals surface area contributed by atoms with Crippen LogP contribution in [-0.2, 0) is 19.0 Å². The molecule has 1 aliphatic heterocycles. The second-order valence-corrected chi connectivity index (χ2v) is 5.36. The molecule has 2 rings (SSSR count). The summed E-state index contributed by atoms with van der Waals surface area (Å²) in [5, 5.41) is 0. The maximum absolute atomic E-state index is 11.6. The van der Waals surface area contributed by atoms with Crippen molar-refractivity contribution in [3.05, 3.63) is 0 Å². The van der Waals surface area contributed by atoms with Gasteiger partial charge in [-0.2, -0.15) is 0 Å². The molecule has 0 aromatic rings. The van der Waals surface area contributed by atoms with Gasteiger partial charge in [0.25, 0.3) is 0 Å². The van der Waals surface area contributed by atoms with Crippen molar-refractivity contribution in [1.82, 2.24) is 0 Å². The van der Waals surface area contributed by atoms with Crippen LogP contribution < -0.4 is 0 Å².